The molecule has 0 spiro atoms. The Hall–Kier alpha value is -7.72. The van der Waals surface area contributed by atoms with Crippen molar-refractivity contribution in [3.63, 3.8) is 0 Å². The van der Waals surface area contributed by atoms with E-state index in [-0.39, 0.29) is 0 Å². The minimum Gasteiger partial charge on any atom is -0.456 e. The summed E-state index contributed by atoms with van der Waals surface area (Å²) in [6, 6.07) is 81.1. The van der Waals surface area contributed by atoms with Crippen molar-refractivity contribution in [3.05, 3.63) is 224 Å². The number of benzene rings is 10. The third-order valence-electron chi connectivity index (χ3n) is 12.1. The van der Waals surface area contributed by atoms with Crippen molar-refractivity contribution < 1.29 is 4.42 Å². The van der Waals surface area contributed by atoms with Crippen LogP contribution in [0.25, 0.3) is 97.4 Å². The van der Waals surface area contributed by atoms with Gasteiger partial charge in [0.25, 0.3) is 0 Å². The minimum absolute atomic E-state index is 0.870. The summed E-state index contributed by atoms with van der Waals surface area (Å²) in [4.78, 5) is 2.44. The summed E-state index contributed by atoms with van der Waals surface area (Å²) in [6.07, 6.45) is 0. The zero-order valence-corrected chi connectivity index (χ0v) is 33.9. The highest BCUT2D eigenvalue weighted by Crippen LogP contribution is 2.50. The van der Waals surface area contributed by atoms with Crippen molar-refractivity contribution in [3.8, 4) is 44.5 Å². The molecular weight excluding hydrogens is 759 g/mol. The predicted molar refractivity (Wildman–Crippen MR) is 261 cm³/mol. The highest BCUT2D eigenvalue weighted by atomic mass is 32.1. The first-order chi connectivity index (χ1) is 30.2. The maximum absolute atomic E-state index is 6.57. The third kappa shape index (κ3) is 6.09. The van der Waals surface area contributed by atoms with Crippen molar-refractivity contribution in [2.45, 2.75) is 0 Å². The molecule has 0 saturated heterocycles. The van der Waals surface area contributed by atoms with Gasteiger partial charge >= 0.3 is 0 Å². The van der Waals surface area contributed by atoms with Gasteiger partial charge in [0.2, 0.25) is 0 Å². The molecule has 61 heavy (non-hydrogen) atoms. The summed E-state index contributed by atoms with van der Waals surface area (Å²) in [5.41, 5.74) is 14.6. The lowest BCUT2D eigenvalue weighted by Gasteiger charge is -2.27. The summed E-state index contributed by atoms with van der Waals surface area (Å²) in [5.74, 6) is 0. The van der Waals surface area contributed by atoms with Gasteiger partial charge in [-0.25, -0.2) is 0 Å². The van der Waals surface area contributed by atoms with Gasteiger partial charge in [0.05, 0.1) is 5.69 Å². The van der Waals surface area contributed by atoms with Gasteiger partial charge in [-0.2, -0.15) is 0 Å². The molecule has 0 atom stereocenters. The van der Waals surface area contributed by atoms with Crippen LogP contribution in [0.3, 0.4) is 0 Å². The monoisotopic (exact) mass is 795 g/mol. The Kier molecular flexibility index (Phi) is 8.39. The molecule has 2 heterocycles. The minimum atomic E-state index is 0.870. The highest BCUT2D eigenvalue weighted by Gasteiger charge is 2.23. The second-order valence-corrected chi connectivity index (χ2v) is 16.7. The Balaban J connectivity index is 1.09. The molecule has 12 aromatic rings. The summed E-state index contributed by atoms with van der Waals surface area (Å²) in [7, 11) is 0. The van der Waals surface area contributed by atoms with E-state index in [0.29, 0.717) is 0 Å². The molecule has 0 fully saturated rings. The Morgan fingerprint density at radius 1 is 0.344 bits per heavy atom. The first-order valence-electron chi connectivity index (χ1n) is 20.7. The molecule has 0 aliphatic rings. The lowest BCUT2D eigenvalue weighted by molar-refractivity contribution is 0.669. The molecule has 0 N–H and O–H groups in total. The van der Waals surface area contributed by atoms with Gasteiger partial charge in [-0.3, -0.25) is 0 Å². The summed E-state index contributed by atoms with van der Waals surface area (Å²) >= 11 is 1.88. The van der Waals surface area contributed by atoms with Gasteiger partial charge in [-0.05, 0) is 110 Å². The SMILES string of the molecule is c1ccc(-c2ccc3c(c2)oc2ccc(N(c4ccc(-c5cccc6ccccc56)cc4)c4ccc(-c5ccccc5)c5sc6cc(-c7ccccc7)ccc6c45)cc23)cc1. The molecule has 0 aliphatic carbocycles. The number of hydrogen-bond acceptors (Lipinski definition) is 3. The van der Waals surface area contributed by atoms with E-state index in [1.54, 1.807) is 0 Å². The molecular formula is C58H37NOS. The lowest BCUT2D eigenvalue weighted by atomic mass is 9.97. The van der Waals surface area contributed by atoms with E-state index >= 15 is 0 Å². The smallest absolute Gasteiger partial charge is 0.136 e. The molecule has 0 radical (unpaired) electrons. The van der Waals surface area contributed by atoms with Crippen molar-refractivity contribution >= 4 is 81.3 Å². The van der Waals surface area contributed by atoms with Gasteiger partial charge < -0.3 is 9.32 Å². The molecule has 12 rings (SSSR count). The average Bonchev–Trinajstić information content (AvgIpc) is 3.90. The van der Waals surface area contributed by atoms with E-state index in [0.717, 1.165) is 44.6 Å². The zero-order valence-electron chi connectivity index (χ0n) is 33.1. The summed E-state index contributed by atoms with van der Waals surface area (Å²) in [6.45, 7) is 0. The Morgan fingerprint density at radius 3 is 1.70 bits per heavy atom. The van der Waals surface area contributed by atoms with E-state index in [4.69, 9.17) is 4.42 Å². The normalized spacial score (nSPS) is 11.6. The highest BCUT2D eigenvalue weighted by molar-refractivity contribution is 7.26. The lowest BCUT2D eigenvalue weighted by Crippen LogP contribution is -2.10. The summed E-state index contributed by atoms with van der Waals surface area (Å²) < 4.78 is 9.10. The Morgan fingerprint density at radius 2 is 0.951 bits per heavy atom. The van der Waals surface area contributed by atoms with Gasteiger partial charge in [0.15, 0.2) is 0 Å². The molecule has 2 nitrogen and oxygen atoms in total. The van der Waals surface area contributed by atoms with Gasteiger partial charge in [-0.1, -0.05) is 170 Å². The maximum Gasteiger partial charge on any atom is 0.136 e. The third-order valence-corrected chi connectivity index (χ3v) is 13.3. The second kappa shape index (κ2) is 14.5. The largest absolute Gasteiger partial charge is 0.456 e. The second-order valence-electron chi connectivity index (χ2n) is 15.6. The van der Waals surface area contributed by atoms with Crippen LogP contribution in [-0.2, 0) is 0 Å². The van der Waals surface area contributed by atoms with Crippen LogP contribution in [-0.4, -0.2) is 0 Å². The molecule has 2 aromatic heterocycles. The number of thiophene rings is 1. The van der Waals surface area contributed by atoms with E-state index in [1.807, 2.05) is 11.3 Å². The molecule has 0 amide bonds. The predicted octanol–water partition coefficient (Wildman–Crippen LogP) is 17.2. The van der Waals surface area contributed by atoms with Gasteiger partial charge in [0.1, 0.15) is 11.2 Å². The van der Waals surface area contributed by atoms with Crippen molar-refractivity contribution in [1.82, 2.24) is 0 Å². The number of hydrogen-bond donors (Lipinski definition) is 0. The number of anilines is 3. The van der Waals surface area contributed by atoms with Crippen LogP contribution in [0.4, 0.5) is 17.1 Å². The number of fused-ring (bicyclic) bond motifs is 7. The topological polar surface area (TPSA) is 16.4 Å². The number of furan rings is 1. The fourth-order valence-electron chi connectivity index (χ4n) is 9.11. The first-order valence-corrected chi connectivity index (χ1v) is 21.6. The van der Waals surface area contributed by atoms with Crippen molar-refractivity contribution in [2.75, 3.05) is 4.90 Å². The van der Waals surface area contributed by atoms with E-state index < -0.39 is 0 Å². The van der Waals surface area contributed by atoms with Crippen LogP contribution in [0.15, 0.2) is 229 Å². The standard InChI is InChI=1S/C58H37NOS/c1-4-13-38(14-5-1)43-25-30-50-52-37-46(29-34-54(52)60-55(50)35-43)59(45-27-23-42(24-28-45)48-22-12-20-40-19-10-11-21-47(40)48)53-33-32-49(41-17-8-3-9-18-41)58-57(53)51-31-26-44(36-56(51)61-58)39-15-6-2-7-16-39/h1-37H. The van der Waals surface area contributed by atoms with Crippen LogP contribution in [0.1, 0.15) is 0 Å². The molecule has 3 heteroatoms. The Bertz CT molecular complexity index is 3560. The van der Waals surface area contributed by atoms with Crippen LogP contribution in [0, 0.1) is 0 Å². The number of nitrogens with zero attached hydrogens (tertiary/aromatic N) is 1. The van der Waals surface area contributed by atoms with Crippen LogP contribution >= 0.6 is 11.3 Å². The summed E-state index contributed by atoms with van der Waals surface area (Å²) in [5, 5.41) is 7.16. The van der Waals surface area contributed by atoms with Crippen molar-refractivity contribution in [1.29, 1.82) is 0 Å². The molecule has 0 bridgehead atoms. The fraction of sp³-hybridized carbons (Fsp3) is 0. The van der Waals surface area contributed by atoms with Crippen LogP contribution < -0.4 is 4.90 Å². The molecule has 10 aromatic carbocycles. The van der Waals surface area contributed by atoms with Crippen molar-refractivity contribution in [2.24, 2.45) is 0 Å². The quantitative estimate of drug-likeness (QED) is 0.160. The number of rotatable bonds is 7. The molecule has 0 unspecified atom stereocenters. The Labute approximate surface area is 357 Å². The van der Waals surface area contributed by atoms with E-state index in [9.17, 15) is 0 Å². The molecule has 0 aliphatic heterocycles. The van der Waals surface area contributed by atoms with E-state index in [1.165, 1.54) is 69.9 Å². The van der Waals surface area contributed by atoms with E-state index in [2.05, 4.69) is 229 Å². The molecule has 286 valence electrons. The average molecular weight is 796 g/mol. The van der Waals surface area contributed by atoms with Gasteiger partial charge in [0, 0.05) is 42.3 Å². The first kappa shape index (κ1) is 35.2. The maximum atomic E-state index is 6.57. The van der Waals surface area contributed by atoms with Gasteiger partial charge in [-0.15, -0.1) is 11.3 Å². The van der Waals surface area contributed by atoms with Crippen LogP contribution in [0.2, 0.25) is 0 Å². The molecule has 0 saturated carbocycles. The van der Waals surface area contributed by atoms with Crippen LogP contribution in [0.5, 0.6) is 0 Å². The fourth-order valence-corrected chi connectivity index (χ4v) is 10.4. The zero-order chi connectivity index (χ0) is 40.3.